The van der Waals surface area contributed by atoms with E-state index in [4.69, 9.17) is 9.47 Å². The van der Waals surface area contributed by atoms with Crippen molar-refractivity contribution >= 4 is 21.7 Å². The number of nitrogens with one attached hydrogen (secondary N) is 2. The van der Waals surface area contributed by atoms with Crippen LogP contribution < -0.4 is 14.8 Å². The van der Waals surface area contributed by atoms with Crippen LogP contribution in [-0.4, -0.2) is 19.2 Å². The van der Waals surface area contributed by atoms with Gasteiger partial charge in [-0.3, -0.25) is 0 Å². The zero-order chi connectivity index (χ0) is 18.8. The summed E-state index contributed by atoms with van der Waals surface area (Å²) >= 11 is 0. The molecule has 0 bridgehead atoms. The number of rotatable bonds is 6. The van der Waals surface area contributed by atoms with Gasteiger partial charge >= 0.3 is 0 Å². The van der Waals surface area contributed by atoms with Crippen LogP contribution in [0.4, 0.5) is 0 Å². The Morgan fingerprint density at radius 2 is 1.63 bits per heavy atom. The SMILES string of the molecule is COc1cc2cc(CNC(C)c3cccc4ccccc34)[nH]c2cc1OC. The molecule has 0 aliphatic carbocycles. The van der Waals surface area contributed by atoms with Crippen LogP contribution in [0.1, 0.15) is 24.2 Å². The predicted molar refractivity (Wildman–Crippen MR) is 111 cm³/mol. The number of H-pyrrole nitrogens is 1. The number of benzene rings is 3. The molecule has 1 aromatic heterocycles. The fraction of sp³-hybridized carbons (Fsp3) is 0.217. The summed E-state index contributed by atoms with van der Waals surface area (Å²) in [6.07, 6.45) is 0. The standard InChI is InChI=1S/C23H24N2O2/c1-15(19-10-6-8-16-7-4-5-9-20(16)19)24-14-18-11-17-12-22(26-2)23(27-3)13-21(17)25-18/h4-13,15,24-25H,14H2,1-3H3. The highest BCUT2D eigenvalue weighted by molar-refractivity contribution is 5.86. The predicted octanol–water partition coefficient (Wildman–Crippen LogP) is 5.19. The Bertz CT molecular complexity index is 1040. The molecule has 27 heavy (non-hydrogen) atoms. The van der Waals surface area contributed by atoms with E-state index in [0.29, 0.717) is 0 Å². The first-order chi connectivity index (χ1) is 13.2. The lowest BCUT2D eigenvalue weighted by Gasteiger charge is -2.16. The van der Waals surface area contributed by atoms with Crippen molar-refractivity contribution in [3.63, 3.8) is 0 Å². The molecule has 0 saturated heterocycles. The monoisotopic (exact) mass is 360 g/mol. The number of aromatic amines is 1. The van der Waals surface area contributed by atoms with E-state index < -0.39 is 0 Å². The van der Waals surface area contributed by atoms with Crippen molar-refractivity contribution in [1.82, 2.24) is 10.3 Å². The number of hydrogen-bond acceptors (Lipinski definition) is 3. The van der Waals surface area contributed by atoms with Crippen molar-refractivity contribution < 1.29 is 9.47 Å². The van der Waals surface area contributed by atoms with Crippen molar-refractivity contribution in [2.24, 2.45) is 0 Å². The van der Waals surface area contributed by atoms with Crippen LogP contribution in [0, 0.1) is 0 Å². The highest BCUT2D eigenvalue weighted by atomic mass is 16.5. The molecule has 0 amide bonds. The average Bonchev–Trinajstić information content (AvgIpc) is 3.12. The van der Waals surface area contributed by atoms with Crippen molar-refractivity contribution in [3.05, 3.63) is 71.9 Å². The third-order valence-corrected chi connectivity index (χ3v) is 5.07. The van der Waals surface area contributed by atoms with Gasteiger partial charge in [0.1, 0.15) is 0 Å². The van der Waals surface area contributed by atoms with Crippen LogP contribution in [0.5, 0.6) is 11.5 Å². The van der Waals surface area contributed by atoms with Gasteiger partial charge in [0.05, 0.1) is 14.2 Å². The van der Waals surface area contributed by atoms with Gasteiger partial charge in [0.25, 0.3) is 0 Å². The topological polar surface area (TPSA) is 46.3 Å². The molecule has 0 saturated carbocycles. The highest BCUT2D eigenvalue weighted by Gasteiger charge is 2.11. The zero-order valence-electron chi connectivity index (χ0n) is 15.9. The Morgan fingerprint density at radius 3 is 2.44 bits per heavy atom. The molecule has 3 aromatic carbocycles. The van der Waals surface area contributed by atoms with Crippen LogP contribution in [0.25, 0.3) is 21.7 Å². The summed E-state index contributed by atoms with van der Waals surface area (Å²) in [4.78, 5) is 3.47. The van der Waals surface area contributed by atoms with E-state index in [9.17, 15) is 0 Å². The molecule has 1 atom stereocenters. The van der Waals surface area contributed by atoms with Crippen LogP contribution in [0.2, 0.25) is 0 Å². The van der Waals surface area contributed by atoms with E-state index in [1.807, 2.05) is 12.1 Å². The quantitative estimate of drug-likeness (QED) is 0.497. The Morgan fingerprint density at radius 1 is 0.889 bits per heavy atom. The van der Waals surface area contributed by atoms with Gasteiger partial charge in [-0.25, -0.2) is 0 Å². The van der Waals surface area contributed by atoms with E-state index in [1.165, 1.54) is 16.3 Å². The van der Waals surface area contributed by atoms with Crippen molar-refractivity contribution in [2.75, 3.05) is 14.2 Å². The van der Waals surface area contributed by atoms with E-state index in [0.717, 1.165) is 34.6 Å². The van der Waals surface area contributed by atoms with Crippen molar-refractivity contribution in [2.45, 2.75) is 19.5 Å². The minimum Gasteiger partial charge on any atom is -0.493 e. The molecule has 0 fully saturated rings. The average molecular weight is 360 g/mol. The maximum Gasteiger partial charge on any atom is 0.162 e. The third kappa shape index (κ3) is 3.36. The van der Waals surface area contributed by atoms with Gasteiger partial charge < -0.3 is 19.8 Å². The Balaban J connectivity index is 1.55. The number of fused-ring (bicyclic) bond motifs is 2. The number of aromatic nitrogens is 1. The molecular formula is C23H24N2O2. The van der Waals surface area contributed by atoms with Crippen molar-refractivity contribution in [3.8, 4) is 11.5 Å². The summed E-state index contributed by atoms with van der Waals surface area (Å²) in [6, 6.07) is 21.4. The minimum atomic E-state index is 0.242. The number of methoxy groups -OCH3 is 2. The van der Waals surface area contributed by atoms with E-state index in [2.05, 4.69) is 65.8 Å². The molecule has 138 valence electrons. The van der Waals surface area contributed by atoms with Crippen LogP contribution in [-0.2, 0) is 6.54 Å². The maximum absolute atomic E-state index is 5.40. The number of ether oxygens (including phenoxy) is 2. The molecule has 4 aromatic rings. The number of hydrogen-bond donors (Lipinski definition) is 2. The first-order valence-corrected chi connectivity index (χ1v) is 9.14. The van der Waals surface area contributed by atoms with Crippen LogP contribution >= 0.6 is 0 Å². The minimum absolute atomic E-state index is 0.242. The first-order valence-electron chi connectivity index (χ1n) is 9.14. The van der Waals surface area contributed by atoms with Gasteiger partial charge in [-0.1, -0.05) is 42.5 Å². The molecule has 4 rings (SSSR count). The van der Waals surface area contributed by atoms with Gasteiger partial charge in [0.15, 0.2) is 11.5 Å². The molecule has 4 heteroatoms. The van der Waals surface area contributed by atoms with Crippen LogP contribution in [0.15, 0.2) is 60.7 Å². The van der Waals surface area contributed by atoms with Crippen molar-refractivity contribution in [1.29, 1.82) is 0 Å². The lowest BCUT2D eigenvalue weighted by Crippen LogP contribution is -2.18. The Labute approximate surface area is 159 Å². The molecule has 1 unspecified atom stereocenters. The molecular weight excluding hydrogens is 336 g/mol. The molecule has 0 aliphatic rings. The maximum atomic E-state index is 5.40. The van der Waals surface area contributed by atoms with Gasteiger partial charge in [0.2, 0.25) is 0 Å². The van der Waals surface area contributed by atoms with Gasteiger partial charge in [0, 0.05) is 35.2 Å². The second-order valence-electron chi connectivity index (χ2n) is 6.76. The zero-order valence-corrected chi connectivity index (χ0v) is 15.9. The smallest absolute Gasteiger partial charge is 0.162 e. The molecule has 0 radical (unpaired) electrons. The lowest BCUT2D eigenvalue weighted by molar-refractivity contribution is 0.356. The second kappa shape index (κ2) is 7.33. The Kier molecular flexibility index (Phi) is 4.73. The summed E-state index contributed by atoms with van der Waals surface area (Å²) in [6.45, 7) is 2.96. The lowest BCUT2D eigenvalue weighted by atomic mass is 10.00. The fourth-order valence-electron chi connectivity index (χ4n) is 3.62. The highest BCUT2D eigenvalue weighted by Crippen LogP contribution is 2.32. The molecule has 1 heterocycles. The molecule has 4 nitrogen and oxygen atoms in total. The fourth-order valence-corrected chi connectivity index (χ4v) is 3.62. The van der Waals surface area contributed by atoms with Gasteiger partial charge in [-0.05, 0) is 35.4 Å². The third-order valence-electron chi connectivity index (χ3n) is 5.07. The Hall–Kier alpha value is -2.98. The van der Waals surface area contributed by atoms with Gasteiger partial charge in [-0.15, -0.1) is 0 Å². The summed E-state index contributed by atoms with van der Waals surface area (Å²) in [5.41, 5.74) is 3.49. The van der Waals surface area contributed by atoms with Gasteiger partial charge in [-0.2, -0.15) is 0 Å². The van der Waals surface area contributed by atoms with E-state index in [1.54, 1.807) is 14.2 Å². The summed E-state index contributed by atoms with van der Waals surface area (Å²) in [5, 5.41) is 7.31. The van der Waals surface area contributed by atoms with Crippen LogP contribution in [0.3, 0.4) is 0 Å². The summed E-state index contributed by atoms with van der Waals surface area (Å²) in [5.74, 6) is 1.48. The first kappa shape index (κ1) is 17.4. The van der Waals surface area contributed by atoms with E-state index in [-0.39, 0.29) is 6.04 Å². The molecule has 0 spiro atoms. The normalized spacial score (nSPS) is 12.4. The molecule has 2 N–H and O–H groups in total. The molecule has 0 aliphatic heterocycles. The summed E-state index contributed by atoms with van der Waals surface area (Å²) in [7, 11) is 3.31. The second-order valence-corrected chi connectivity index (χ2v) is 6.76. The summed E-state index contributed by atoms with van der Waals surface area (Å²) < 4.78 is 10.8. The largest absolute Gasteiger partial charge is 0.493 e. The van der Waals surface area contributed by atoms with E-state index >= 15 is 0 Å².